The molecule has 4 heteroatoms. The van der Waals surface area contributed by atoms with E-state index in [9.17, 15) is 0 Å². The van der Waals surface area contributed by atoms with Gasteiger partial charge in [-0.05, 0) is 80.5 Å². The fourth-order valence-corrected chi connectivity index (χ4v) is 6.14. The third-order valence-electron chi connectivity index (χ3n) is 7.91. The van der Waals surface area contributed by atoms with Gasteiger partial charge >= 0.3 is 0 Å². The van der Waals surface area contributed by atoms with Gasteiger partial charge in [-0.15, -0.1) is 0 Å². The number of rotatable bonds is 5. The number of piperazine rings is 1. The van der Waals surface area contributed by atoms with E-state index in [0.717, 1.165) is 32.1 Å². The van der Waals surface area contributed by atoms with Crippen LogP contribution >= 0.6 is 0 Å². The first-order valence-electron chi connectivity index (χ1n) is 13.2. The second-order valence-corrected chi connectivity index (χ2v) is 12.0. The van der Waals surface area contributed by atoms with E-state index in [1.54, 1.807) is 5.56 Å². The van der Waals surface area contributed by atoms with Gasteiger partial charge in [0.25, 0.3) is 0 Å². The lowest BCUT2D eigenvalue weighted by Crippen LogP contribution is -2.48. The summed E-state index contributed by atoms with van der Waals surface area (Å²) in [4.78, 5) is 7.88. The fourth-order valence-electron chi connectivity index (χ4n) is 6.14. The zero-order chi connectivity index (χ0) is 22.9. The highest BCUT2D eigenvalue weighted by Gasteiger charge is 2.31. The molecular weight excluding hydrogens is 394 g/mol. The number of nitrogens with zero attached hydrogens (tertiary/aromatic N) is 3. The molecule has 0 radical (unpaired) electrons. The summed E-state index contributed by atoms with van der Waals surface area (Å²) in [7, 11) is 0. The Hall–Kier alpha value is -1.26. The Balaban J connectivity index is 1.57. The lowest BCUT2D eigenvalue weighted by Gasteiger charge is -2.41. The van der Waals surface area contributed by atoms with Gasteiger partial charge < -0.3 is 14.5 Å². The number of hydrogen-bond acceptors (Lipinski definition) is 4. The lowest BCUT2D eigenvalue weighted by atomic mass is 9.71. The minimum absolute atomic E-state index is 0.298. The molecule has 0 amide bonds. The van der Waals surface area contributed by atoms with E-state index in [2.05, 4.69) is 74.4 Å². The minimum Gasteiger partial charge on any atom is -0.372 e. The molecule has 32 heavy (non-hydrogen) atoms. The number of anilines is 2. The maximum atomic E-state index is 6.01. The number of morpholine rings is 1. The lowest BCUT2D eigenvalue weighted by molar-refractivity contribution is -0.00522. The zero-order valence-corrected chi connectivity index (χ0v) is 21.6. The van der Waals surface area contributed by atoms with Crippen LogP contribution in [0.4, 0.5) is 11.4 Å². The van der Waals surface area contributed by atoms with Crippen LogP contribution in [0.3, 0.4) is 0 Å². The van der Waals surface area contributed by atoms with Gasteiger partial charge in [-0.2, -0.15) is 0 Å². The van der Waals surface area contributed by atoms with Gasteiger partial charge in [0.15, 0.2) is 0 Å². The fraction of sp³-hybridized carbons (Fsp3) is 0.786. The molecule has 1 aliphatic carbocycles. The van der Waals surface area contributed by atoms with Crippen molar-refractivity contribution >= 4 is 11.4 Å². The van der Waals surface area contributed by atoms with E-state index in [0.29, 0.717) is 23.5 Å². The zero-order valence-electron chi connectivity index (χ0n) is 21.6. The summed E-state index contributed by atoms with van der Waals surface area (Å²) in [5.74, 6) is 1.45. The van der Waals surface area contributed by atoms with Gasteiger partial charge in [0, 0.05) is 57.2 Å². The van der Waals surface area contributed by atoms with E-state index in [1.807, 2.05) is 0 Å². The van der Waals surface area contributed by atoms with Gasteiger partial charge in [-0.1, -0.05) is 27.7 Å². The van der Waals surface area contributed by atoms with Crippen LogP contribution < -0.4 is 9.80 Å². The van der Waals surface area contributed by atoms with Crippen molar-refractivity contribution in [2.24, 2.45) is 11.3 Å². The molecule has 4 rings (SSSR count). The van der Waals surface area contributed by atoms with Gasteiger partial charge in [-0.3, -0.25) is 4.90 Å². The molecule has 3 fully saturated rings. The van der Waals surface area contributed by atoms with E-state index in [4.69, 9.17) is 4.74 Å². The van der Waals surface area contributed by atoms with Crippen LogP contribution in [0.2, 0.25) is 0 Å². The second-order valence-electron chi connectivity index (χ2n) is 12.0. The largest absolute Gasteiger partial charge is 0.372 e. The first-order chi connectivity index (χ1) is 15.2. The monoisotopic (exact) mass is 441 g/mol. The average molecular weight is 442 g/mol. The van der Waals surface area contributed by atoms with Crippen molar-refractivity contribution in [1.29, 1.82) is 0 Å². The Labute approximate surface area is 197 Å². The Kier molecular flexibility index (Phi) is 7.41. The minimum atomic E-state index is 0.298. The Morgan fingerprint density at radius 1 is 0.938 bits per heavy atom. The third kappa shape index (κ3) is 5.80. The molecule has 1 saturated carbocycles. The Bertz CT molecular complexity index is 733. The molecule has 180 valence electrons. The highest BCUT2D eigenvalue weighted by atomic mass is 16.5. The van der Waals surface area contributed by atoms with Crippen molar-refractivity contribution in [3.8, 4) is 0 Å². The highest BCUT2D eigenvalue weighted by Crippen LogP contribution is 2.46. The smallest absolute Gasteiger partial charge is 0.0726 e. The van der Waals surface area contributed by atoms with Crippen LogP contribution in [0, 0.1) is 11.3 Å². The van der Waals surface area contributed by atoms with Crippen molar-refractivity contribution < 1.29 is 4.74 Å². The molecule has 2 aliphatic heterocycles. The van der Waals surface area contributed by atoms with Crippen molar-refractivity contribution in [2.75, 3.05) is 55.6 Å². The molecule has 0 spiro atoms. The summed E-state index contributed by atoms with van der Waals surface area (Å²) >= 11 is 0. The average Bonchev–Trinajstić information content (AvgIpc) is 2.73. The second kappa shape index (κ2) is 9.93. The summed E-state index contributed by atoms with van der Waals surface area (Å²) in [5, 5.41) is 0. The van der Waals surface area contributed by atoms with E-state index in [-0.39, 0.29) is 0 Å². The molecule has 4 nitrogen and oxygen atoms in total. The van der Waals surface area contributed by atoms with Crippen LogP contribution in [0.15, 0.2) is 18.2 Å². The van der Waals surface area contributed by atoms with Gasteiger partial charge in [0.2, 0.25) is 0 Å². The summed E-state index contributed by atoms with van der Waals surface area (Å²) in [6.07, 6.45) is 5.93. The summed E-state index contributed by atoms with van der Waals surface area (Å²) in [6, 6.07) is 7.40. The van der Waals surface area contributed by atoms with Crippen LogP contribution in [-0.4, -0.2) is 62.9 Å². The molecule has 1 aromatic carbocycles. The predicted molar refractivity (Wildman–Crippen MR) is 137 cm³/mol. The molecule has 2 atom stereocenters. The quantitative estimate of drug-likeness (QED) is 0.578. The Morgan fingerprint density at radius 3 is 2.16 bits per heavy atom. The standard InChI is InChI=1S/C28H47N3O/c1-21(2)18-29-13-15-30(16-14-29)27-8-7-25(31-19-22(3)32-23(4)20-31)17-26(27)24-9-11-28(5,6)12-10-24/h7-8,17,21-24H,9-16,18-20H2,1-6H3. The van der Waals surface area contributed by atoms with Crippen molar-refractivity contribution in [3.05, 3.63) is 23.8 Å². The maximum Gasteiger partial charge on any atom is 0.0726 e. The SMILES string of the molecule is CC(C)CN1CCN(c2ccc(N3CC(C)OC(C)C3)cc2C2CCC(C)(C)CC2)CC1. The van der Waals surface area contributed by atoms with Crippen molar-refractivity contribution in [2.45, 2.75) is 85.4 Å². The summed E-state index contributed by atoms with van der Waals surface area (Å²) in [5.41, 5.74) is 5.03. The topological polar surface area (TPSA) is 19.0 Å². The molecule has 2 unspecified atom stereocenters. The molecule has 0 bridgehead atoms. The van der Waals surface area contributed by atoms with Gasteiger partial charge in [0.05, 0.1) is 12.2 Å². The Morgan fingerprint density at radius 2 is 1.56 bits per heavy atom. The number of hydrogen-bond donors (Lipinski definition) is 0. The molecular formula is C28H47N3O. The van der Waals surface area contributed by atoms with E-state index >= 15 is 0 Å². The highest BCUT2D eigenvalue weighted by molar-refractivity contribution is 5.64. The van der Waals surface area contributed by atoms with E-state index < -0.39 is 0 Å². The molecule has 2 heterocycles. The van der Waals surface area contributed by atoms with Crippen LogP contribution in [0.25, 0.3) is 0 Å². The predicted octanol–water partition coefficient (Wildman–Crippen LogP) is 5.76. The normalized spacial score (nSPS) is 27.8. The molecule has 0 aromatic heterocycles. The van der Waals surface area contributed by atoms with Gasteiger partial charge in [0.1, 0.15) is 0 Å². The maximum absolute atomic E-state index is 6.01. The summed E-state index contributed by atoms with van der Waals surface area (Å²) in [6.45, 7) is 21.9. The van der Waals surface area contributed by atoms with E-state index in [1.165, 1.54) is 56.7 Å². The number of ether oxygens (including phenoxy) is 1. The molecule has 0 N–H and O–H groups in total. The molecule has 3 aliphatic rings. The van der Waals surface area contributed by atoms with Crippen LogP contribution in [0.5, 0.6) is 0 Å². The van der Waals surface area contributed by atoms with Crippen molar-refractivity contribution in [1.82, 2.24) is 4.90 Å². The molecule has 1 aromatic rings. The first kappa shape index (κ1) is 23.9. The van der Waals surface area contributed by atoms with Crippen LogP contribution in [-0.2, 0) is 4.74 Å². The first-order valence-corrected chi connectivity index (χ1v) is 13.2. The third-order valence-corrected chi connectivity index (χ3v) is 7.91. The van der Waals surface area contributed by atoms with Crippen LogP contribution in [0.1, 0.15) is 78.7 Å². The summed E-state index contributed by atoms with van der Waals surface area (Å²) < 4.78 is 6.01. The molecule has 2 saturated heterocycles. The van der Waals surface area contributed by atoms with Gasteiger partial charge in [-0.25, -0.2) is 0 Å². The van der Waals surface area contributed by atoms with Crippen molar-refractivity contribution in [3.63, 3.8) is 0 Å². The number of benzene rings is 1.